The van der Waals surface area contributed by atoms with Gasteiger partial charge in [0.2, 0.25) is 11.7 Å². The highest BCUT2D eigenvalue weighted by molar-refractivity contribution is 6.05. The molecule has 4 aromatic rings. The summed E-state index contributed by atoms with van der Waals surface area (Å²) in [5, 5.41) is 5.54. The van der Waals surface area contributed by atoms with Crippen LogP contribution in [0.4, 0.5) is 8.78 Å². The van der Waals surface area contributed by atoms with E-state index < -0.39 is 17.7 Å². The van der Waals surface area contributed by atoms with Gasteiger partial charge >= 0.3 is 0 Å². The number of hydrogen-bond donors (Lipinski definition) is 0. The van der Waals surface area contributed by atoms with Crippen molar-refractivity contribution in [2.45, 2.75) is 18.9 Å². The third-order valence-corrected chi connectivity index (χ3v) is 5.29. The fourth-order valence-corrected chi connectivity index (χ4v) is 3.84. The molecule has 0 saturated carbocycles. The van der Waals surface area contributed by atoms with Gasteiger partial charge in [0.05, 0.1) is 5.56 Å². The number of hydrogen-bond acceptors (Lipinski definition) is 5. The highest BCUT2D eigenvalue weighted by atomic mass is 19.1. The lowest BCUT2D eigenvalue weighted by Gasteiger charge is -2.22. The van der Waals surface area contributed by atoms with E-state index in [1.165, 1.54) is 6.07 Å². The number of carbonyl (C=O) groups is 1. The first kappa shape index (κ1) is 18.4. The van der Waals surface area contributed by atoms with Gasteiger partial charge in [0.25, 0.3) is 5.91 Å². The molecule has 1 saturated heterocycles. The van der Waals surface area contributed by atoms with Crippen molar-refractivity contribution in [1.82, 2.24) is 20.0 Å². The minimum Gasteiger partial charge on any atom is -0.337 e. The standard InChI is InChI=1S/C22H16F2N4O2/c23-14-7-8-16(17(24)12-14)20-26-21(30-27-20)18-6-3-11-28(18)22(29)19-15-5-2-1-4-13(15)9-10-25-19/h1-2,4-5,7-10,12,18H,3,6,11H2. The Labute approximate surface area is 170 Å². The van der Waals surface area contributed by atoms with Crippen LogP contribution in [0.2, 0.25) is 0 Å². The minimum absolute atomic E-state index is 0.0186. The van der Waals surface area contributed by atoms with Crippen molar-refractivity contribution in [2.75, 3.05) is 6.54 Å². The molecule has 0 N–H and O–H groups in total. The molecule has 8 heteroatoms. The van der Waals surface area contributed by atoms with E-state index in [2.05, 4.69) is 15.1 Å². The molecule has 2 aromatic heterocycles. The minimum atomic E-state index is -0.776. The summed E-state index contributed by atoms with van der Waals surface area (Å²) in [6.45, 7) is 0.525. The number of rotatable bonds is 3. The Morgan fingerprint density at radius 2 is 2.00 bits per heavy atom. The van der Waals surface area contributed by atoms with E-state index in [0.29, 0.717) is 18.7 Å². The van der Waals surface area contributed by atoms with Crippen molar-refractivity contribution in [3.05, 3.63) is 77.9 Å². The maximum atomic E-state index is 14.1. The highest BCUT2D eigenvalue weighted by Crippen LogP contribution is 2.34. The SMILES string of the molecule is O=C(c1nccc2ccccc12)N1CCCC1c1nc(-c2ccc(F)cc2F)no1. The Morgan fingerprint density at radius 1 is 1.13 bits per heavy atom. The van der Waals surface area contributed by atoms with Crippen molar-refractivity contribution in [2.24, 2.45) is 0 Å². The molecule has 1 fully saturated rings. The topological polar surface area (TPSA) is 72.1 Å². The molecular formula is C22H16F2N4O2. The molecule has 0 spiro atoms. The number of benzene rings is 2. The Morgan fingerprint density at radius 3 is 2.87 bits per heavy atom. The number of halogens is 2. The van der Waals surface area contributed by atoms with Crippen molar-refractivity contribution in [3.63, 3.8) is 0 Å². The van der Waals surface area contributed by atoms with E-state index in [-0.39, 0.29) is 23.2 Å². The molecule has 1 amide bonds. The van der Waals surface area contributed by atoms with Crippen LogP contribution in [0.1, 0.15) is 35.3 Å². The van der Waals surface area contributed by atoms with E-state index >= 15 is 0 Å². The van der Waals surface area contributed by atoms with Crippen LogP contribution >= 0.6 is 0 Å². The number of nitrogens with zero attached hydrogens (tertiary/aromatic N) is 4. The predicted molar refractivity (Wildman–Crippen MR) is 104 cm³/mol. The maximum Gasteiger partial charge on any atom is 0.273 e. The molecule has 3 heterocycles. The van der Waals surface area contributed by atoms with Crippen LogP contribution in [0.5, 0.6) is 0 Å². The lowest BCUT2D eigenvalue weighted by Crippen LogP contribution is -2.31. The van der Waals surface area contributed by atoms with Crippen LogP contribution in [-0.2, 0) is 0 Å². The number of fused-ring (bicyclic) bond motifs is 1. The fourth-order valence-electron chi connectivity index (χ4n) is 3.84. The van der Waals surface area contributed by atoms with Crippen LogP contribution in [0.25, 0.3) is 22.2 Å². The Bertz CT molecular complexity index is 1250. The van der Waals surface area contributed by atoms with Gasteiger partial charge in [-0.15, -0.1) is 0 Å². The summed E-state index contributed by atoms with van der Waals surface area (Å²) in [7, 11) is 0. The second-order valence-corrected chi connectivity index (χ2v) is 7.12. The van der Waals surface area contributed by atoms with Gasteiger partial charge in [0.1, 0.15) is 23.4 Å². The average molecular weight is 406 g/mol. The van der Waals surface area contributed by atoms with Crippen molar-refractivity contribution in [3.8, 4) is 11.4 Å². The van der Waals surface area contributed by atoms with E-state index in [1.807, 2.05) is 30.3 Å². The van der Waals surface area contributed by atoms with E-state index in [4.69, 9.17) is 4.52 Å². The first-order chi connectivity index (χ1) is 14.6. The number of pyridine rings is 1. The molecule has 0 aliphatic carbocycles. The molecule has 1 aliphatic heterocycles. The normalized spacial score (nSPS) is 16.3. The molecule has 0 bridgehead atoms. The van der Waals surface area contributed by atoms with E-state index in [0.717, 1.165) is 29.3 Å². The molecule has 0 radical (unpaired) electrons. The van der Waals surface area contributed by atoms with Gasteiger partial charge in [-0.25, -0.2) is 8.78 Å². The van der Waals surface area contributed by atoms with Gasteiger partial charge < -0.3 is 9.42 Å². The molecule has 30 heavy (non-hydrogen) atoms. The van der Waals surface area contributed by atoms with Gasteiger partial charge in [0.15, 0.2) is 0 Å². The third-order valence-electron chi connectivity index (χ3n) is 5.29. The van der Waals surface area contributed by atoms with Crippen LogP contribution in [-0.4, -0.2) is 32.5 Å². The molecule has 1 atom stereocenters. The van der Waals surface area contributed by atoms with E-state index in [1.54, 1.807) is 11.1 Å². The van der Waals surface area contributed by atoms with Gasteiger partial charge in [0, 0.05) is 24.2 Å². The van der Waals surface area contributed by atoms with Gasteiger partial charge in [-0.05, 0) is 36.4 Å². The molecule has 1 unspecified atom stereocenters. The smallest absolute Gasteiger partial charge is 0.273 e. The Kier molecular flexibility index (Phi) is 4.46. The zero-order valence-electron chi connectivity index (χ0n) is 15.8. The van der Waals surface area contributed by atoms with Gasteiger partial charge in [-0.1, -0.05) is 29.4 Å². The quantitative estimate of drug-likeness (QED) is 0.500. The summed E-state index contributed by atoms with van der Waals surface area (Å²) in [4.78, 5) is 23.5. The summed E-state index contributed by atoms with van der Waals surface area (Å²) >= 11 is 0. The number of carbonyl (C=O) groups excluding carboxylic acids is 1. The van der Waals surface area contributed by atoms with Crippen LogP contribution < -0.4 is 0 Å². The highest BCUT2D eigenvalue weighted by Gasteiger charge is 2.35. The van der Waals surface area contributed by atoms with Crippen LogP contribution in [0, 0.1) is 11.6 Å². The zero-order chi connectivity index (χ0) is 20.7. The number of aromatic nitrogens is 3. The number of amides is 1. The zero-order valence-corrected chi connectivity index (χ0v) is 15.8. The third kappa shape index (κ3) is 3.10. The monoisotopic (exact) mass is 406 g/mol. The summed E-state index contributed by atoms with van der Waals surface area (Å²) in [5.74, 6) is -1.44. The first-order valence-corrected chi connectivity index (χ1v) is 9.55. The van der Waals surface area contributed by atoms with Gasteiger partial charge in [-0.2, -0.15) is 4.98 Å². The Balaban J connectivity index is 1.47. The summed E-state index contributed by atoms with van der Waals surface area (Å²) in [5.41, 5.74) is 0.405. The second-order valence-electron chi connectivity index (χ2n) is 7.12. The molecule has 150 valence electrons. The average Bonchev–Trinajstić information content (AvgIpc) is 3.42. The Hall–Kier alpha value is -3.68. The molecule has 2 aromatic carbocycles. The fraction of sp³-hybridized carbons (Fsp3) is 0.182. The second kappa shape index (κ2) is 7.29. The summed E-state index contributed by atoms with van der Waals surface area (Å²) < 4.78 is 32.6. The molecule has 6 nitrogen and oxygen atoms in total. The molecule has 5 rings (SSSR count). The van der Waals surface area contributed by atoms with Crippen molar-refractivity contribution < 1.29 is 18.1 Å². The number of likely N-dealkylation sites (tertiary alicyclic amines) is 1. The van der Waals surface area contributed by atoms with Crippen LogP contribution in [0.15, 0.2) is 59.3 Å². The lowest BCUT2D eigenvalue weighted by atomic mass is 10.1. The lowest BCUT2D eigenvalue weighted by molar-refractivity contribution is 0.0706. The predicted octanol–water partition coefficient (Wildman–Crippen LogP) is 4.54. The maximum absolute atomic E-state index is 14.1. The molecular weight excluding hydrogens is 390 g/mol. The largest absolute Gasteiger partial charge is 0.337 e. The summed E-state index contributed by atoms with van der Waals surface area (Å²) in [6, 6.07) is 12.1. The van der Waals surface area contributed by atoms with Crippen molar-refractivity contribution in [1.29, 1.82) is 0 Å². The van der Waals surface area contributed by atoms with E-state index in [9.17, 15) is 13.6 Å². The van der Waals surface area contributed by atoms with Crippen molar-refractivity contribution >= 4 is 16.7 Å². The molecule has 1 aliphatic rings. The first-order valence-electron chi connectivity index (χ1n) is 9.55. The van der Waals surface area contributed by atoms with Gasteiger partial charge in [-0.3, -0.25) is 9.78 Å². The van der Waals surface area contributed by atoms with Crippen LogP contribution in [0.3, 0.4) is 0 Å². The summed E-state index contributed by atoms with van der Waals surface area (Å²) in [6.07, 6.45) is 3.02.